The summed E-state index contributed by atoms with van der Waals surface area (Å²) in [6.45, 7) is 0. The largest absolute Gasteiger partial charge is 0.382 e. The van der Waals surface area contributed by atoms with Crippen LogP contribution in [0, 0.1) is 11.6 Å². The van der Waals surface area contributed by atoms with Crippen molar-refractivity contribution in [1.82, 2.24) is 10.2 Å². The van der Waals surface area contributed by atoms with E-state index in [2.05, 4.69) is 15.5 Å². The highest BCUT2D eigenvalue weighted by Crippen LogP contribution is 2.17. The number of aromatic nitrogens is 2. The first-order valence-corrected chi connectivity index (χ1v) is 4.46. The molecule has 6 heteroatoms. The Morgan fingerprint density at radius 3 is 2.44 bits per heavy atom. The zero-order chi connectivity index (χ0) is 11.5. The molecule has 4 nitrogen and oxygen atoms in total. The number of nitrogens with two attached hydrogens (primary N) is 1. The van der Waals surface area contributed by atoms with Crippen LogP contribution >= 0.6 is 0 Å². The molecule has 1 heterocycles. The number of nitrogen functional groups attached to an aromatic ring is 1. The molecule has 16 heavy (non-hydrogen) atoms. The van der Waals surface area contributed by atoms with E-state index in [9.17, 15) is 8.78 Å². The molecule has 0 fully saturated rings. The van der Waals surface area contributed by atoms with E-state index in [0.29, 0.717) is 11.5 Å². The van der Waals surface area contributed by atoms with Crippen LogP contribution in [0.4, 0.5) is 26.1 Å². The van der Waals surface area contributed by atoms with E-state index >= 15 is 0 Å². The van der Waals surface area contributed by atoms with Gasteiger partial charge in [-0.2, -0.15) is 0 Å². The number of halogens is 2. The fourth-order valence-corrected chi connectivity index (χ4v) is 1.13. The highest BCUT2D eigenvalue weighted by molar-refractivity contribution is 5.56. The summed E-state index contributed by atoms with van der Waals surface area (Å²) >= 11 is 0. The molecule has 0 unspecified atom stereocenters. The second-order valence-corrected chi connectivity index (χ2v) is 3.10. The van der Waals surface area contributed by atoms with Gasteiger partial charge in [-0.15, -0.1) is 10.2 Å². The number of hydrogen-bond donors (Lipinski definition) is 2. The average molecular weight is 222 g/mol. The smallest absolute Gasteiger partial charge is 0.160 e. The Balaban J connectivity index is 2.20. The maximum Gasteiger partial charge on any atom is 0.160 e. The maximum atomic E-state index is 12.9. The van der Waals surface area contributed by atoms with Crippen molar-refractivity contribution in [2.24, 2.45) is 0 Å². The third-order valence-electron chi connectivity index (χ3n) is 1.88. The summed E-state index contributed by atoms with van der Waals surface area (Å²) in [6, 6.07) is 6.60. The lowest BCUT2D eigenvalue weighted by Gasteiger charge is -2.04. The van der Waals surface area contributed by atoms with E-state index in [4.69, 9.17) is 5.73 Å². The minimum absolute atomic E-state index is 0.288. The van der Waals surface area contributed by atoms with Crippen LogP contribution in [0.25, 0.3) is 0 Å². The van der Waals surface area contributed by atoms with Gasteiger partial charge in [-0.1, -0.05) is 0 Å². The second kappa shape index (κ2) is 4.09. The summed E-state index contributed by atoms with van der Waals surface area (Å²) in [5.41, 5.74) is 5.74. The van der Waals surface area contributed by atoms with Gasteiger partial charge in [-0.05, 0) is 24.3 Å². The molecule has 0 aliphatic heterocycles. The number of rotatable bonds is 2. The van der Waals surface area contributed by atoms with Gasteiger partial charge in [0.1, 0.15) is 5.82 Å². The minimum Gasteiger partial charge on any atom is -0.382 e. The van der Waals surface area contributed by atoms with Crippen molar-refractivity contribution < 1.29 is 8.78 Å². The molecule has 1 aromatic heterocycles. The Labute approximate surface area is 90.1 Å². The Bertz CT molecular complexity index is 499. The molecular formula is C10H8F2N4. The van der Waals surface area contributed by atoms with Gasteiger partial charge in [-0.25, -0.2) is 8.78 Å². The number of anilines is 3. The second-order valence-electron chi connectivity index (χ2n) is 3.10. The van der Waals surface area contributed by atoms with Gasteiger partial charge in [-0.3, -0.25) is 0 Å². The van der Waals surface area contributed by atoms with Gasteiger partial charge in [0.2, 0.25) is 0 Å². The molecule has 0 saturated heterocycles. The molecule has 0 amide bonds. The first-order chi connectivity index (χ1) is 7.65. The first kappa shape index (κ1) is 10.3. The van der Waals surface area contributed by atoms with E-state index in [1.807, 2.05) is 0 Å². The van der Waals surface area contributed by atoms with Crippen LogP contribution in [-0.4, -0.2) is 10.2 Å². The van der Waals surface area contributed by atoms with Crippen molar-refractivity contribution >= 4 is 17.3 Å². The lowest BCUT2D eigenvalue weighted by atomic mass is 10.3. The third-order valence-corrected chi connectivity index (χ3v) is 1.88. The summed E-state index contributed by atoms with van der Waals surface area (Å²) in [4.78, 5) is 0. The zero-order valence-electron chi connectivity index (χ0n) is 8.11. The van der Waals surface area contributed by atoms with Crippen LogP contribution in [0.2, 0.25) is 0 Å². The van der Waals surface area contributed by atoms with Crippen molar-refractivity contribution in [3.05, 3.63) is 42.0 Å². The van der Waals surface area contributed by atoms with E-state index < -0.39 is 11.6 Å². The van der Waals surface area contributed by atoms with Crippen molar-refractivity contribution in [2.75, 3.05) is 11.1 Å². The van der Waals surface area contributed by atoms with Gasteiger partial charge >= 0.3 is 0 Å². The summed E-state index contributed by atoms with van der Waals surface area (Å²) in [7, 11) is 0. The highest BCUT2D eigenvalue weighted by Gasteiger charge is 2.03. The van der Waals surface area contributed by atoms with Crippen LogP contribution in [0.15, 0.2) is 30.3 Å². The van der Waals surface area contributed by atoms with Gasteiger partial charge in [0.15, 0.2) is 17.5 Å². The van der Waals surface area contributed by atoms with Gasteiger partial charge in [0, 0.05) is 11.8 Å². The molecular weight excluding hydrogens is 214 g/mol. The predicted octanol–water partition coefficient (Wildman–Crippen LogP) is 2.08. The standard InChI is InChI=1S/C10H8F2N4/c11-7-2-1-6(5-8(7)12)14-10-4-3-9(13)15-16-10/h1-5H,(H2,13,15)(H,14,16). The fourth-order valence-electron chi connectivity index (χ4n) is 1.13. The molecule has 82 valence electrons. The number of nitrogens with one attached hydrogen (secondary N) is 1. The summed E-state index contributed by atoms with van der Waals surface area (Å²) in [6.07, 6.45) is 0. The molecule has 0 radical (unpaired) electrons. The van der Waals surface area contributed by atoms with Crippen LogP contribution in [0.3, 0.4) is 0 Å². The predicted molar refractivity (Wildman–Crippen MR) is 56.1 cm³/mol. The lowest BCUT2D eigenvalue weighted by Crippen LogP contribution is -1.98. The molecule has 0 aliphatic rings. The van der Waals surface area contributed by atoms with Gasteiger partial charge < -0.3 is 11.1 Å². The van der Waals surface area contributed by atoms with Gasteiger partial charge in [0.05, 0.1) is 0 Å². The van der Waals surface area contributed by atoms with Crippen LogP contribution < -0.4 is 11.1 Å². The summed E-state index contributed by atoms with van der Waals surface area (Å²) < 4.78 is 25.5. The van der Waals surface area contributed by atoms with Crippen LogP contribution in [0.5, 0.6) is 0 Å². The third kappa shape index (κ3) is 2.22. The quantitative estimate of drug-likeness (QED) is 0.816. The topological polar surface area (TPSA) is 63.8 Å². The molecule has 0 spiro atoms. The number of nitrogens with zero attached hydrogens (tertiary/aromatic N) is 2. The summed E-state index contributed by atoms with van der Waals surface area (Å²) in [5, 5.41) is 10.1. The van der Waals surface area contributed by atoms with Crippen molar-refractivity contribution in [3.63, 3.8) is 0 Å². The summed E-state index contributed by atoms with van der Waals surface area (Å²) in [5.74, 6) is -1.13. The van der Waals surface area contributed by atoms with E-state index in [0.717, 1.165) is 12.1 Å². The van der Waals surface area contributed by atoms with Crippen molar-refractivity contribution in [1.29, 1.82) is 0 Å². The molecule has 2 aromatic rings. The van der Waals surface area contributed by atoms with Gasteiger partial charge in [0.25, 0.3) is 0 Å². The average Bonchev–Trinajstić information content (AvgIpc) is 2.27. The van der Waals surface area contributed by atoms with E-state index in [1.54, 1.807) is 12.1 Å². The molecule has 3 N–H and O–H groups in total. The SMILES string of the molecule is Nc1ccc(Nc2ccc(F)c(F)c2)nn1. The number of benzene rings is 1. The zero-order valence-corrected chi connectivity index (χ0v) is 8.11. The van der Waals surface area contributed by atoms with Crippen molar-refractivity contribution in [3.8, 4) is 0 Å². The molecule has 0 saturated carbocycles. The Kier molecular flexibility index (Phi) is 2.63. The van der Waals surface area contributed by atoms with E-state index in [-0.39, 0.29) is 5.82 Å². The number of hydrogen-bond acceptors (Lipinski definition) is 4. The lowest BCUT2D eigenvalue weighted by molar-refractivity contribution is 0.509. The highest BCUT2D eigenvalue weighted by atomic mass is 19.2. The van der Waals surface area contributed by atoms with Crippen LogP contribution in [0.1, 0.15) is 0 Å². The Hall–Kier alpha value is -2.24. The normalized spacial score (nSPS) is 10.1. The van der Waals surface area contributed by atoms with Crippen molar-refractivity contribution in [2.45, 2.75) is 0 Å². The monoisotopic (exact) mass is 222 g/mol. The Morgan fingerprint density at radius 1 is 1.00 bits per heavy atom. The van der Waals surface area contributed by atoms with Crippen LogP contribution in [-0.2, 0) is 0 Å². The fraction of sp³-hybridized carbons (Fsp3) is 0. The minimum atomic E-state index is -0.923. The molecule has 0 aliphatic carbocycles. The molecule has 0 bridgehead atoms. The first-order valence-electron chi connectivity index (χ1n) is 4.46. The molecule has 0 atom stereocenters. The maximum absolute atomic E-state index is 12.9. The molecule has 1 aromatic carbocycles. The Morgan fingerprint density at radius 2 is 1.81 bits per heavy atom. The van der Waals surface area contributed by atoms with E-state index in [1.165, 1.54) is 6.07 Å². The molecule has 2 rings (SSSR count).